The van der Waals surface area contributed by atoms with E-state index < -0.39 is 0 Å². The molecule has 15 heavy (non-hydrogen) atoms. The van der Waals surface area contributed by atoms with Gasteiger partial charge in [0, 0.05) is 11.1 Å². The second-order valence-electron chi connectivity index (χ2n) is 2.93. The van der Waals surface area contributed by atoms with Crippen molar-refractivity contribution < 1.29 is 4.42 Å². The molecule has 0 aliphatic heterocycles. The molecule has 2 heterocycles. The Morgan fingerprint density at radius 2 is 2.33 bits per heavy atom. The van der Waals surface area contributed by atoms with Crippen molar-refractivity contribution in [3.63, 3.8) is 0 Å². The molecule has 0 saturated carbocycles. The standard InChI is InChI=1S/C11H8N2OS/c1-8-11(3-5-14-8)15-10-2-4-13-9(6-10)7-12/h2-6H,1H3. The van der Waals surface area contributed by atoms with Crippen LogP contribution in [0.3, 0.4) is 0 Å². The molecule has 74 valence electrons. The van der Waals surface area contributed by atoms with Crippen molar-refractivity contribution in [3.8, 4) is 6.07 Å². The molecule has 0 unspecified atom stereocenters. The van der Waals surface area contributed by atoms with Gasteiger partial charge in [0.1, 0.15) is 17.5 Å². The molecule has 0 aliphatic rings. The molecule has 4 heteroatoms. The molecule has 0 N–H and O–H groups in total. The van der Waals surface area contributed by atoms with Gasteiger partial charge in [0.15, 0.2) is 0 Å². The van der Waals surface area contributed by atoms with E-state index in [1.807, 2.05) is 25.1 Å². The SMILES string of the molecule is Cc1occc1Sc1ccnc(C#N)c1. The van der Waals surface area contributed by atoms with Crippen LogP contribution in [0.1, 0.15) is 11.5 Å². The topological polar surface area (TPSA) is 49.8 Å². The predicted molar refractivity (Wildman–Crippen MR) is 56.5 cm³/mol. The van der Waals surface area contributed by atoms with Crippen molar-refractivity contribution >= 4 is 11.8 Å². The number of rotatable bonds is 2. The van der Waals surface area contributed by atoms with E-state index in [1.165, 1.54) is 0 Å². The van der Waals surface area contributed by atoms with Gasteiger partial charge in [-0.05, 0) is 25.1 Å². The van der Waals surface area contributed by atoms with E-state index in [0.717, 1.165) is 15.6 Å². The third kappa shape index (κ3) is 2.20. The van der Waals surface area contributed by atoms with Crippen LogP contribution in [0.2, 0.25) is 0 Å². The molecule has 0 amide bonds. The number of furan rings is 1. The Morgan fingerprint density at radius 1 is 1.47 bits per heavy atom. The molecule has 0 atom stereocenters. The van der Waals surface area contributed by atoms with Gasteiger partial charge in [-0.15, -0.1) is 0 Å². The summed E-state index contributed by atoms with van der Waals surface area (Å²) in [7, 11) is 0. The Morgan fingerprint density at radius 3 is 3.00 bits per heavy atom. The van der Waals surface area contributed by atoms with Crippen LogP contribution in [-0.2, 0) is 0 Å². The van der Waals surface area contributed by atoms with Crippen LogP contribution in [0, 0.1) is 18.3 Å². The van der Waals surface area contributed by atoms with Crippen LogP contribution in [0.25, 0.3) is 0 Å². The fourth-order valence-corrected chi connectivity index (χ4v) is 2.01. The van der Waals surface area contributed by atoms with E-state index in [4.69, 9.17) is 9.68 Å². The fraction of sp³-hybridized carbons (Fsp3) is 0.0909. The second-order valence-corrected chi connectivity index (χ2v) is 4.05. The molecule has 0 spiro atoms. The van der Waals surface area contributed by atoms with E-state index in [2.05, 4.69) is 4.98 Å². The third-order valence-corrected chi connectivity index (χ3v) is 3.02. The minimum Gasteiger partial charge on any atom is -0.468 e. The number of hydrogen-bond acceptors (Lipinski definition) is 4. The Hall–Kier alpha value is -1.73. The van der Waals surface area contributed by atoms with Gasteiger partial charge in [-0.3, -0.25) is 0 Å². The minimum atomic E-state index is 0.432. The quantitative estimate of drug-likeness (QED) is 0.774. The van der Waals surface area contributed by atoms with Gasteiger partial charge in [-0.2, -0.15) is 5.26 Å². The molecular formula is C11H8N2OS. The zero-order valence-corrected chi connectivity index (χ0v) is 8.91. The normalized spacial score (nSPS) is 9.87. The molecule has 0 radical (unpaired) electrons. The second kappa shape index (κ2) is 4.20. The van der Waals surface area contributed by atoms with Gasteiger partial charge in [0.05, 0.1) is 11.2 Å². The molecule has 2 aromatic rings. The summed E-state index contributed by atoms with van der Waals surface area (Å²) in [6.45, 7) is 1.91. The maximum atomic E-state index is 8.70. The first-order chi connectivity index (χ1) is 7.29. The van der Waals surface area contributed by atoms with Crippen LogP contribution < -0.4 is 0 Å². The lowest BCUT2D eigenvalue weighted by atomic mass is 10.4. The van der Waals surface area contributed by atoms with Crippen LogP contribution in [0.15, 0.2) is 44.9 Å². The monoisotopic (exact) mass is 216 g/mol. The molecule has 0 aliphatic carbocycles. The molecule has 0 bridgehead atoms. The Bertz CT molecular complexity index is 513. The average Bonchev–Trinajstić information content (AvgIpc) is 2.65. The Kier molecular flexibility index (Phi) is 2.75. The number of aryl methyl sites for hydroxylation is 1. The molecular weight excluding hydrogens is 208 g/mol. The lowest BCUT2D eigenvalue weighted by Gasteiger charge is -1.99. The third-order valence-electron chi connectivity index (χ3n) is 1.88. The molecule has 0 saturated heterocycles. The summed E-state index contributed by atoms with van der Waals surface area (Å²) in [6.07, 6.45) is 3.29. The molecule has 0 fully saturated rings. The minimum absolute atomic E-state index is 0.432. The lowest BCUT2D eigenvalue weighted by molar-refractivity contribution is 0.527. The number of aromatic nitrogens is 1. The largest absolute Gasteiger partial charge is 0.468 e. The van der Waals surface area contributed by atoms with Crippen LogP contribution >= 0.6 is 11.8 Å². The summed E-state index contributed by atoms with van der Waals surface area (Å²) in [5.74, 6) is 0.885. The van der Waals surface area contributed by atoms with E-state index in [-0.39, 0.29) is 0 Å². The highest BCUT2D eigenvalue weighted by atomic mass is 32.2. The first kappa shape index (κ1) is 9.81. The highest BCUT2D eigenvalue weighted by Gasteiger charge is 2.04. The summed E-state index contributed by atoms with van der Waals surface area (Å²) >= 11 is 1.57. The van der Waals surface area contributed by atoms with Gasteiger partial charge in [0.2, 0.25) is 0 Å². The Labute approximate surface area is 91.7 Å². The van der Waals surface area contributed by atoms with E-state index in [1.54, 1.807) is 30.3 Å². The summed E-state index contributed by atoms with van der Waals surface area (Å²) in [6, 6.07) is 7.56. The molecule has 0 aromatic carbocycles. The fourth-order valence-electron chi connectivity index (χ4n) is 1.14. The smallest absolute Gasteiger partial charge is 0.141 e. The molecule has 2 rings (SSSR count). The summed E-state index contributed by atoms with van der Waals surface area (Å²) in [4.78, 5) is 5.96. The first-order valence-electron chi connectivity index (χ1n) is 4.37. The van der Waals surface area contributed by atoms with Gasteiger partial charge in [-0.1, -0.05) is 11.8 Å². The highest BCUT2D eigenvalue weighted by Crippen LogP contribution is 2.30. The van der Waals surface area contributed by atoms with Crippen molar-refractivity contribution in [2.24, 2.45) is 0 Å². The van der Waals surface area contributed by atoms with Crippen molar-refractivity contribution in [2.75, 3.05) is 0 Å². The predicted octanol–water partition coefficient (Wildman–Crippen LogP) is 3.01. The van der Waals surface area contributed by atoms with Gasteiger partial charge >= 0.3 is 0 Å². The van der Waals surface area contributed by atoms with E-state index in [0.29, 0.717) is 5.69 Å². The van der Waals surface area contributed by atoms with Crippen molar-refractivity contribution in [1.82, 2.24) is 4.98 Å². The van der Waals surface area contributed by atoms with Gasteiger partial charge in [-0.25, -0.2) is 4.98 Å². The van der Waals surface area contributed by atoms with Crippen molar-refractivity contribution in [3.05, 3.63) is 42.1 Å². The lowest BCUT2D eigenvalue weighted by Crippen LogP contribution is -1.81. The molecule has 2 aromatic heterocycles. The number of nitriles is 1. The van der Waals surface area contributed by atoms with Crippen LogP contribution in [0.5, 0.6) is 0 Å². The maximum Gasteiger partial charge on any atom is 0.141 e. The van der Waals surface area contributed by atoms with Gasteiger partial charge in [0.25, 0.3) is 0 Å². The maximum absolute atomic E-state index is 8.70. The number of hydrogen-bond donors (Lipinski definition) is 0. The average molecular weight is 216 g/mol. The van der Waals surface area contributed by atoms with E-state index in [9.17, 15) is 0 Å². The molecule has 3 nitrogen and oxygen atoms in total. The van der Waals surface area contributed by atoms with Gasteiger partial charge < -0.3 is 4.42 Å². The highest BCUT2D eigenvalue weighted by molar-refractivity contribution is 7.99. The summed E-state index contributed by atoms with van der Waals surface area (Å²) in [5, 5.41) is 8.70. The van der Waals surface area contributed by atoms with Crippen LogP contribution in [0.4, 0.5) is 0 Å². The van der Waals surface area contributed by atoms with E-state index >= 15 is 0 Å². The summed E-state index contributed by atoms with van der Waals surface area (Å²) < 4.78 is 5.19. The number of nitrogens with zero attached hydrogens (tertiary/aromatic N) is 2. The Balaban J connectivity index is 2.25. The van der Waals surface area contributed by atoms with Crippen LogP contribution in [-0.4, -0.2) is 4.98 Å². The summed E-state index contributed by atoms with van der Waals surface area (Å²) in [5.41, 5.74) is 0.432. The zero-order valence-electron chi connectivity index (χ0n) is 8.10. The van der Waals surface area contributed by atoms with Crippen molar-refractivity contribution in [2.45, 2.75) is 16.7 Å². The van der Waals surface area contributed by atoms with Crippen molar-refractivity contribution in [1.29, 1.82) is 5.26 Å². The first-order valence-corrected chi connectivity index (χ1v) is 5.19. The number of pyridine rings is 1. The zero-order chi connectivity index (χ0) is 10.7.